The molecule has 5 aromatic rings. The van der Waals surface area contributed by atoms with E-state index in [1.54, 1.807) is 66.3 Å². The van der Waals surface area contributed by atoms with E-state index in [0.29, 0.717) is 65.4 Å². The molecule has 2 saturated heterocycles. The van der Waals surface area contributed by atoms with Gasteiger partial charge in [0.1, 0.15) is 18.3 Å². The summed E-state index contributed by atoms with van der Waals surface area (Å²) in [5.41, 5.74) is 3.25. The van der Waals surface area contributed by atoms with Crippen molar-refractivity contribution >= 4 is 55.5 Å². The van der Waals surface area contributed by atoms with E-state index >= 15 is 0 Å². The molecule has 290 valence electrons. The Balaban J connectivity index is 0.892. The molecular formula is C40H42N8O7S. The molecular weight excluding hydrogens is 737 g/mol. The molecule has 2 amide bonds. The normalized spacial score (nSPS) is 18.6. The van der Waals surface area contributed by atoms with Gasteiger partial charge in [0.15, 0.2) is 0 Å². The van der Waals surface area contributed by atoms with Crippen LogP contribution in [0.4, 0.5) is 11.6 Å². The average molecular weight is 779 g/mol. The number of carbonyl (C=O) groups is 2. The lowest BCUT2D eigenvalue weighted by atomic mass is 10.1. The Hall–Kier alpha value is -5.63. The van der Waals surface area contributed by atoms with Gasteiger partial charge in [-0.3, -0.25) is 33.4 Å². The maximum Gasteiger partial charge on any atom is 0.329 e. The molecule has 1 atom stereocenters. The lowest BCUT2D eigenvalue weighted by molar-refractivity contribution is -0.135. The van der Waals surface area contributed by atoms with Crippen molar-refractivity contribution in [2.45, 2.75) is 81.4 Å². The number of rotatable bonds is 8. The van der Waals surface area contributed by atoms with Gasteiger partial charge in [0.2, 0.25) is 27.8 Å². The predicted octanol–water partition coefficient (Wildman–Crippen LogP) is 3.81. The summed E-state index contributed by atoms with van der Waals surface area (Å²) in [6, 6.07) is 12.9. The Morgan fingerprint density at radius 3 is 2.50 bits per heavy atom. The van der Waals surface area contributed by atoms with E-state index in [9.17, 15) is 27.6 Å². The highest BCUT2D eigenvalue weighted by Crippen LogP contribution is 2.31. The molecule has 3 aromatic heterocycles. The molecule has 2 aliphatic heterocycles. The smallest absolute Gasteiger partial charge is 0.329 e. The van der Waals surface area contributed by atoms with Gasteiger partial charge in [0.05, 0.1) is 27.6 Å². The second kappa shape index (κ2) is 15.1. The standard InChI is InChI=1S/C40H42N8O7S/c1-25-23-30(13-14-31(25)42-39-41-24-27-12-17-35(50)47(37(27)44-39)28-9-3-4-10-28)56(53,54)46-20-18-29(19-21-46)55-22-6-8-26-7-5-11-32-36(26)45(2)40(52)48(32)33-15-16-34(49)43-38(33)51/h5,7,11-14,17,23-24,28-29,33H,3-4,9-10,15-16,18-22H2,1-2H3,(H,41,42,44)(H,43,49,51). The number of piperidine rings is 2. The van der Waals surface area contributed by atoms with Crippen LogP contribution < -0.4 is 21.9 Å². The summed E-state index contributed by atoms with van der Waals surface area (Å²) in [5, 5.41) is 6.32. The number of anilines is 2. The number of imidazole rings is 1. The predicted molar refractivity (Wildman–Crippen MR) is 209 cm³/mol. The fraction of sp³-hybridized carbons (Fsp3) is 0.400. The van der Waals surface area contributed by atoms with Crippen molar-refractivity contribution in [3.63, 3.8) is 0 Å². The highest BCUT2D eigenvalue weighted by Gasteiger charge is 2.32. The van der Waals surface area contributed by atoms with Gasteiger partial charge in [-0.05, 0) is 81.0 Å². The van der Waals surface area contributed by atoms with E-state index < -0.39 is 22.0 Å². The van der Waals surface area contributed by atoms with Crippen LogP contribution in [0.2, 0.25) is 0 Å². The number of pyridine rings is 1. The number of sulfonamides is 1. The number of hydrogen-bond donors (Lipinski definition) is 2. The van der Waals surface area contributed by atoms with E-state index in [4.69, 9.17) is 9.72 Å². The molecule has 1 saturated carbocycles. The lowest BCUT2D eigenvalue weighted by Gasteiger charge is -2.31. The number of aromatic nitrogens is 5. The highest BCUT2D eigenvalue weighted by atomic mass is 32.2. The topological polar surface area (TPSA) is 180 Å². The molecule has 3 aliphatic rings. The third-order valence-electron chi connectivity index (χ3n) is 11.1. The molecule has 16 heteroatoms. The summed E-state index contributed by atoms with van der Waals surface area (Å²) < 4.78 is 39.5. The van der Waals surface area contributed by atoms with Gasteiger partial charge >= 0.3 is 5.69 Å². The number of imide groups is 1. The van der Waals surface area contributed by atoms with Crippen molar-refractivity contribution in [3.8, 4) is 11.8 Å². The first-order valence-corrected chi connectivity index (χ1v) is 20.3. The second-order valence-corrected chi connectivity index (χ2v) is 16.6. The molecule has 0 radical (unpaired) electrons. The summed E-state index contributed by atoms with van der Waals surface area (Å²) >= 11 is 0. The fourth-order valence-electron chi connectivity index (χ4n) is 8.12. The SMILES string of the molecule is Cc1cc(S(=O)(=O)N2CCC(OCC#Cc3cccc4c3n(C)c(=O)n4C3CCC(=O)NC3=O)CC2)ccc1Nc1ncc2ccc(=O)n(C3CCCC3)c2n1. The van der Waals surface area contributed by atoms with E-state index in [-0.39, 0.29) is 53.6 Å². The number of fused-ring (bicyclic) bond motifs is 2. The van der Waals surface area contributed by atoms with Crippen LogP contribution in [-0.4, -0.2) is 74.0 Å². The maximum absolute atomic E-state index is 13.7. The number of nitrogens with zero attached hydrogens (tertiary/aromatic N) is 6. The molecule has 56 heavy (non-hydrogen) atoms. The van der Waals surface area contributed by atoms with Crippen LogP contribution >= 0.6 is 0 Å². The minimum absolute atomic E-state index is 0.0782. The second-order valence-electron chi connectivity index (χ2n) is 14.6. The first-order chi connectivity index (χ1) is 27.0. The van der Waals surface area contributed by atoms with Crippen molar-refractivity contribution in [1.29, 1.82) is 0 Å². The van der Waals surface area contributed by atoms with E-state index in [0.717, 1.165) is 31.1 Å². The van der Waals surface area contributed by atoms with Gasteiger partial charge in [-0.15, -0.1) is 0 Å². The summed E-state index contributed by atoms with van der Waals surface area (Å²) in [6.45, 7) is 2.53. The van der Waals surface area contributed by atoms with Crippen molar-refractivity contribution in [2.75, 3.05) is 25.0 Å². The van der Waals surface area contributed by atoms with E-state index in [1.807, 2.05) is 6.92 Å². The molecule has 2 aromatic carbocycles. The zero-order valence-corrected chi connectivity index (χ0v) is 32.0. The van der Waals surface area contributed by atoms with Crippen LogP contribution in [0.3, 0.4) is 0 Å². The molecule has 15 nitrogen and oxygen atoms in total. The first kappa shape index (κ1) is 37.3. The molecule has 3 fully saturated rings. The van der Waals surface area contributed by atoms with Gasteiger partial charge < -0.3 is 10.1 Å². The van der Waals surface area contributed by atoms with Crippen molar-refractivity contribution < 1.29 is 22.7 Å². The Bertz CT molecular complexity index is 2680. The third kappa shape index (κ3) is 7.02. The number of ether oxygens (including phenoxy) is 1. The largest absolute Gasteiger partial charge is 0.365 e. The summed E-state index contributed by atoms with van der Waals surface area (Å²) in [6.07, 6.45) is 6.97. The highest BCUT2D eigenvalue weighted by molar-refractivity contribution is 7.89. The molecule has 0 bridgehead atoms. The third-order valence-corrected chi connectivity index (χ3v) is 13.0. The monoisotopic (exact) mass is 778 g/mol. The van der Waals surface area contributed by atoms with Crippen LogP contribution in [0.25, 0.3) is 22.1 Å². The van der Waals surface area contributed by atoms with Crippen LogP contribution in [0.5, 0.6) is 0 Å². The number of para-hydroxylation sites is 1. The number of nitrogens with one attached hydrogen (secondary N) is 2. The van der Waals surface area contributed by atoms with Crippen molar-refractivity contribution in [1.82, 2.24) is 33.3 Å². The number of benzene rings is 2. The number of aryl methyl sites for hydroxylation is 2. The Kier molecular flexibility index (Phi) is 10.1. The maximum atomic E-state index is 13.7. The van der Waals surface area contributed by atoms with E-state index in [2.05, 4.69) is 27.5 Å². The number of amides is 2. The quantitative estimate of drug-likeness (QED) is 0.174. The number of hydrogen-bond acceptors (Lipinski definition) is 10. The van der Waals surface area contributed by atoms with E-state index in [1.165, 1.54) is 13.4 Å². The average Bonchev–Trinajstić information content (AvgIpc) is 3.81. The van der Waals surface area contributed by atoms with Gasteiger partial charge in [0, 0.05) is 55.9 Å². The summed E-state index contributed by atoms with van der Waals surface area (Å²) in [4.78, 5) is 59.6. The zero-order chi connectivity index (χ0) is 39.1. The zero-order valence-electron chi connectivity index (χ0n) is 31.2. The van der Waals surface area contributed by atoms with Gasteiger partial charge in [-0.25, -0.2) is 18.2 Å². The number of carbonyl (C=O) groups excluding carboxylic acids is 2. The van der Waals surface area contributed by atoms with Crippen LogP contribution in [0.1, 0.15) is 74.6 Å². The van der Waals surface area contributed by atoms with Crippen molar-refractivity contribution in [3.05, 3.63) is 86.7 Å². The summed E-state index contributed by atoms with van der Waals surface area (Å²) in [5.74, 6) is 5.61. The Morgan fingerprint density at radius 2 is 1.75 bits per heavy atom. The Labute approximate surface area is 322 Å². The lowest BCUT2D eigenvalue weighted by Crippen LogP contribution is -2.44. The van der Waals surface area contributed by atoms with Crippen LogP contribution in [0.15, 0.2) is 69.2 Å². The van der Waals surface area contributed by atoms with Gasteiger partial charge in [0.25, 0.3) is 5.56 Å². The van der Waals surface area contributed by atoms with Crippen LogP contribution in [-0.2, 0) is 31.4 Å². The fourth-order valence-corrected chi connectivity index (χ4v) is 9.67. The molecule has 8 rings (SSSR count). The molecule has 0 spiro atoms. The van der Waals surface area contributed by atoms with Crippen LogP contribution in [0, 0.1) is 18.8 Å². The minimum atomic E-state index is -3.77. The minimum Gasteiger partial charge on any atom is -0.365 e. The molecule has 1 aliphatic carbocycles. The van der Waals surface area contributed by atoms with Gasteiger partial charge in [-0.2, -0.15) is 9.29 Å². The summed E-state index contributed by atoms with van der Waals surface area (Å²) in [7, 11) is -2.14. The Morgan fingerprint density at radius 1 is 0.964 bits per heavy atom. The van der Waals surface area contributed by atoms with Gasteiger partial charge in [-0.1, -0.05) is 30.7 Å². The molecule has 1 unspecified atom stereocenters. The molecule has 5 heterocycles. The van der Waals surface area contributed by atoms with Crippen molar-refractivity contribution in [2.24, 2.45) is 7.05 Å². The molecule has 2 N–H and O–H groups in total. The first-order valence-electron chi connectivity index (χ1n) is 18.9.